The van der Waals surface area contributed by atoms with Gasteiger partial charge in [0.25, 0.3) is 11.7 Å². The quantitative estimate of drug-likeness (QED) is 0.776. The number of carbonyl (C=O) groups excluding carboxylic acids is 2. The topological polar surface area (TPSA) is 58.6 Å². The molecule has 5 heteroatoms. The molecule has 0 saturated carbocycles. The van der Waals surface area contributed by atoms with E-state index in [1.807, 2.05) is 12.1 Å². The molecule has 0 radical (unpaired) electrons. The van der Waals surface area contributed by atoms with Crippen molar-refractivity contribution in [2.24, 2.45) is 0 Å². The van der Waals surface area contributed by atoms with E-state index >= 15 is 0 Å². The summed E-state index contributed by atoms with van der Waals surface area (Å²) in [5.74, 6) is -1.00. The number of anilines is 2. The van der Waals surface area contributed by atoms with Crippen molar-refractivity contribution < 1.29 is 14.3 Å². The summed E-state index contributed by atoms with van der Waals surface area (Å²) in [5.41, 5.74) is 1.89. The molecular weight excluding hydrogens is 244 g/mol. The van der Waals surface area contributed by atoms with Gasteiger partial charge in [0.15, 0.2) is 0 Å². The van der Waals surface area contributed by atoms with Crippen LogP contribution in [0.25, 0.3) is 0 Å². The average Bonchev–Trinajstić information content (AvgIpc) is 2.63. The molecule has 3 rings (SSSR count). The van der Waals surface area contributed by atoms with Gasteiger partial charge >= 0.3 is 0 Å². The van der Waals surface area contributed by atoms with Crippen LogP contribution >= 0.6 is 0 Å². The van der Waals surface area contributed by atoms with Crippen LogP contribution in [0.5, 0.6) is 0 Å². The lowest BCUT2D eigenvalue weighted by Gasteiger charge is -2.39. The molecule has 1 saturated heterocycles. The summed E-state index contributed by atoms with van der Waals surface area (Å²) in [7, 11) is 0. The van der Waals surface area contributed by atoms with Crippen molar-refractivity contribution in [1.82, 2.24) is 0 Å². The molecule has 1 aromatic rings. The molecule has 0 aliphatic carbocycles. The summed E-state index contributed by atoms with van der Waals surface area (Å²) in [5, 5.41) is 2.60. The highest BCUT2D eigenvalue weighted by molar-refractivity contribution is 6.51. The Labute approximate surface area is 111 Å². The van der Waals surface area contributed by atoms with Gasteiger partial charge in [-0.3, -0.25) is 9.59 Å². The Morgan fingerprint density at radius 3 is 2.84 bits per heavy atom. The number of ketones is 1. The molecule has 19 heavy (non-hydrogen) atoms. The van der Waals surface area contributed by atoms with Gasteiger partial charge in [-0.15, -0.1) is 0 Å². The van der Waals surface area contributed by atoms with Crippen molar-refractivity contribution in [3.8, 4) is 0 Å². The summed E-state index contributed by atoms with van der Waals surface area (Å²) in [4.78, 5) is 25.1. The number of hydrogen-bond acceptors (Lipinski definition) is 4. The van der Waals surface area contributed by atoms with Crippen LogP contribution in [0, 0.1) is 0 Å². The van der Waals surface area contributed by atoms with Gasteiger partial charge in [-0.05, 0) is 32.0 Å². The van der Waals surface area contributed by atoms with Crippen molar-refractivity contribution in [2.45, 2.75) is 19.4 Å². The number of ether oxygens (including phenoxy) is 1. The van der Waals surface area contributed by atoms with Crippen molar-refractivity contribution in [2.75, 3.05) is 29.9 Å². The molecule has 1 fully saturated rings. The number of nitrogens with one attached hydrogen (secondary N) is 1. The van der Waals surface area contributed by atoms with Gasteiger partial charge in [-0.1, -0.05) is 0 Å². The Morgan fingerprint density at radius 1 is 1.32 bits per heavy atom. The van der Waals surface area contributed by atoms with E-state index < -0.39 is 11.7 Å². The van der Waals surface area contributed by atoms with Gasteiger partial charge in [0.05, 0.1) is 23.5 Å². The number of amides is 1. The normalized spacial score (nSPS) is 21.3. The summed E-state index contributed by atoms with van der Waals surface area (Å²) in [6.07, 6.45) is 0. The van der Waals surface area contributed by atoms with Crippen LogP contribution < -0.4 is 10.2 Å². The number of benzene rings is 1. The fraction of sp³-hybridized carbons (Fsp3) is 0.429. The minimum absolute atomic E-state index is 0.184. The van der Waals surface area contributed by atoms with E-state index in [4.69, 9.17) is 4.74 Å². The lowest BCUT2D eigenvalue weighted by atomic mass is 10.1. The van der Waals surface area contributed by atoms with Crippen LogP contribution in [-0.4, -0.2) is 37.0 Å². The van der Waals surface area contributed by atoms with Gasteiger partial charge in [0.2, 0.25) is 0 Å². The molecule has 1 aromatic carbocycles. The van der Waals surface area contributed by atoms with Crippen molar-refractivity contribution in [3.05, 3.63) is 23.8 Å². The highest BCUT2D eigenvalue weighted by atomic mass is 16.5. The molecule has 2 aliphatic rings. The number of nitrogens with zero attached hydrogens (tertiary/aromatic N) is 1. The first kappa shape index (κ1) is 12.2. The van der Waals surface area contributed by atoms with Crippen LogP contribution in [0.15, 0.2) is 18.2 Å². The van der Waals surface area contributed by atoms with E-state index in [0.717, 1.165) is 18.8 Å². The van der Waals surface area contributed by atoms with Gasteiger partial charge in [-0.25, -0.2) is 0 Å². The summed E-state index contributed by atoms with van der Waals surface area (Å²) >= 11 is 0. The molecule has 100 valence electrons. The largest absolute Gasteiger partial charge is 0.372 e. The minimum Gasteiger partial charge on any atom is -0.372 e. The zero-order valence-corrected chi connectivity index (χ0v) is 11.0. The maximum Gasteiger partial charge on any atom is 0.296 e. The smallest absolute Gasteiger partial charge is 0.296 e. The zero-order valence-electron chi connectivity index (χ0n) is 11.0. The van der Waals surface area contributed by atoms with Crippen LogP contribution in [-0.2, 0) is 9.53 Å². The monoisotopic (exact) mass is 260 g/mol. The molecule has 1 amide bonds. The first-order chi connectivity index (χ1) is 8.96. The third-order valence-corrected chi connectivity index (χ3v) is 3.49. The standard InChI is InChI=1S/C14H16N2O3/c1-14(2)8-16(5-6-19-14)9-3-4-10-11(7-9)15-13(18)12(10)17/h3-4,7H,5-6,8H2,1-2H3,(H,15,17,18). The SMILES string of the molecule is CC1(C)CN(c2ccc3c(c2)NC(=O)C3=O)CCO1. The number of Topliss-reactive ketones (excluding diaryl/α,β-unsaturated/α-hetero) is 1. The molecule has 0 bridgehead atoms. The van der Waals surface area contributed by atoms with E-state index in [1.54, 1.807) is 6.07 Å². The van der Waals surface area contributed by atoms with Gasteiger partial charge in [0.1, 0.15) is 0 Å². The summed E-state index contributed by atoms with van der Waals surface area (Å²) in [6.45, 7) is 6.38. The molecule has 1 N–H and O–H groups in total. The molecular formula is C14H16N2O3. The Hall–Kier alpha value is -1.88. The predicted octanol–water partition coefficient (Wildman–Crippen LogP) is 1.44. The molecule has 2 heterocycles. The summed E-state index contributed by atoms with van der Waals surface area (Å²) < 4.78 is 5.68. The van der Waals surface area contributed by atoms with E-state index in [-0.39, 0.29) is 5.60 Å². The Bertz CT molecular complexity index is 566. The maximum atomic E-state index is 11.5. The second-order valence-electron chi connectivity index (χ2n) is 5.54. The number of morpholine rings is 1. The first-order valence-electron chi connectivity index (χ1n) is 6.35. The van der Waals surface area contributed by atoms with Crippen LogP contribution in [0.3, 0.4) is 0 Å². The van der Waals surface area contributed by atoms with Gasteiger partial charge in [-0.2, -0.15) is 0 Å². The average molecular weight is 260 g/mol. The Kier molecular flexibility index (Phi) is 2.60. The number of hydrogen-bond donors (Lipinski definition) is 1. The van der Waals surface area contributed by atoms with Crippen molar-refractivity contribution in [3.63, 3.8) is 0 Å². The van der Waals surface area contributed by atoms with Crippen LogP contribution in [0.2, 0.25) is 0 Å². The maximum absolute atomic E-state index is 11.5. The lowest BCUT2D eigenvalue weighted by Crippen LogP contribution is -2.48. The second-order valence-corrected chi connectivity index (χ2v) is 5.54. The van der Waals surface area contributed by atoms with E-state index in [9.17, 15) is 9.59 Å². The predicted molar refractivity (Wildman–Crippen MR) is 71.6 cm³/mol. The molecule has 0 unspecified atom stereocenters. The van der Waals surface area contributed by atoms with Crippen LogP contribution in [0.4, 0.5) is 11.4 Å². The number of carbonyl (C=O) groups is 2. The molecule has 2 aliphatic heterocycles. The third kappa shape index (κ3) is 2.10. The Balaban J connectivity index is 1.90. The molecule has 5 nitrogen and oxygen atoms in total. The third-order valence-electron chi connectivity index (χ3n) is 3.49. The van der Waals surface area contributed by atoms with Crippen molar-refractivity contribution in [1.29, 1.82) is 0 Å². The molecule has 0 spiro atoms. The van der Waals surface area contributed by atoms with Crippen LogP contribution in [0.1, 0.15) is 24.2 Å². The minimum atomic E-state index is -0.547. The molecule has 0 aromatic heterocycles. The highest BCUT2D eigenvalue weighted by Gasteiger charge is 2.31. The summed E-state index contributed by atoms with van der Waals surface area (Å²) in [6, 6.07) is 5.46. The lowest BCUT2D eigenvalue weighted by molar-refractivity contribution is -0.112. The second kappa shape index (κ2) is 4.06. The highest BCUT2D eigenvalue weighted by Crippen LogP contribution is 2.30. The van der Waals surface area contributed by atoms with Gasteiger partial charge in [0, 0.05) is 18.8 Å². The van der Waals surface area contributed by atoms with E-state index in [1.165, 1.54) is 0 Å². The fourth-order valence-corrected chi connectivity index (χ4v) is 2.57. The fourth-order valence-electron chi connectivity index (χ4n) is 2.57. The zero-order chi connectivity index (χ0) is 13.6. The van der Waals surface area contributed by atoms with Crippen molar-refractivity contribution >= 4 is 23.1 Å². The van der Waals surface area contributed by atoms with E-state index in [2.05, 4.69) is 24.1 Å². The molecule has 0 atom stereocenters. The van der Waals surface area contributed by atoms with Gasteiger partial charge < -0.3 is 15.0 Å². The first-order valence-corrected chi connectivity index (χ1v) is 6.35. The number of rotatable bonds is 1. The Morgan fingerprint density at radius 2 is 2.11 bits per heavy atom. The number of fused-ring (bicyclic) bond motifs is 1. The van der Waals surface area contributed by atoms with E-state index in [0.29, 0.717) is 17.9 Å².